The van der Waals surface area contributed by atoms with E-state index < -0.39 is 65.4 Å². The zero-order valence-electron chi connectivity index (χ0n) is 38.5. The van der Waals surface area contributed by atoms with Crippen molar-refractivity contribution in [2.45, 2.75) is 37.8 Å². The third kappa shape index (κ3) is 14.7. The molecule has 0 aliphatic rings. The van der Waals surface area contributed by atoms with Crippen LogP contribution in [0, 0.1) is 5.41 Å². The van der Waals surface area contributed by atoms with Crippen molar-refractivity contribution in [2.24, 2.45) is 5.41 Å². The average molecular weight is 1010 g/mol. The summed E-state index contributed by atoms with van der Waals surface area (Å²) in [7, 11) is 2.54. The summed E-state index contributed by atoms with van der Waals surface area (Å²) in [5, 5.41) is 24.5. The van der Waals surface area contributed by atoms with Crippen LogP contribution in [0.1, 0.15) is 49.4 Å². The maximum Gasteiger partial charge on any atom is 0.573 e. The van der Waals surface area contributed by atoms with Gasteiger partial charge in [0.2, 0.25) is 11.6 Å². The summed E-state index contributed by atoms with van der Waals surface area (Å²) >= 11 is 0. The summed E-state index contributed by atoms with van der Waals surface area (Å²) in [6.45, 7) is 0. The number of nitrogen functional groups attached to an aromatic ring is 2. The molecule has 0 aliphatic carbocycles. The Morgan fingerprint density at radius 1 is 0.521 bits per heavy atom. The first-order valence-corrected chi connectivity index (χ1v) is 21.5. The van der Waals surface area contributed by atoms with Gasteiger partial charge in [-0.25, -0.2) is 9.59 Å². The molecule has 0 fully saturated rings. The zero-order chi connectivity index (χ0) is 53.1. The van der Waals surface area contributed by atoms with Crippen molar-refractivity contribution in [3.05, 3.63) is 179 Å². The number of aliphatic hydroxyl groups is 2. The van der Waals surface area contributed by atoms with E-state index in [0.717, 1.165) is 60.7 Å². The summed E-state index contributed by atoms with van der Waals surface area (Å²) in [6.07, 6.45) is -6.38. The summed E-state index contributed by atoms with van der Waals surface area (Å²) in [5.74, 6) is -8.32. The molecule has 0 saturated heterocycles. The summed E-state index contributed by atoms with van der Waals surface area (Å²) in [6, 6.07) is 29.1. The molecule has 73 heavy (non-hydrogen) atoms. The molecule has 0 aromatic heterocycles. The molecule has 0 spiro atoms. The van der Waals surface area contributed by atoms with Crippen LogP contribution >= 0.6 is 0 Å². The number of esters is 2. The van der Waals surface area contributed by atoms with Crippen molar-refractivity contribution in [3.63, 3.8) is 0 Å². The highest BCUT2D eigenvalue weighted by Crippen LogP contribution is 2.43. The topological polar surface area (TPSA) is 216 Å². The van der Waals surface area contributed by atoms with E-state index in [4.69, 9.17) is 30.4 Å². The third-order valence-corrected chi connectivity index (χ3v) is 11.0. The Labute approximate surface area is 412 Å². The Kier molecular flexibility index (Phi) is 16.7. The van der Waals surface area contributed by atoms with Gasteiger partial charge in [0.15, 0.2) is 28.8 Å². The van der Waals surface area contributed by atoms with Gasteiger partial charge in [-0.05, 0) is 144 Å². The maximum absolute atomic E-state index is 14.3. The molecule has 0 saturated carbocycles. The Hall–Kier alpha value is -8.62. The van der Waals surface area contributed by atoms with E-state index in [-0.39, 0.29) is 52.5 Å². The van der Waals surface area contributed by atoms with E-state index in [1.807, 2.05) is 0 Å². The Morgan fingerprint density at radius 2 is 0.904 bits per heavy atom. The van der Waals surface area contributed by atoms with Crippen molar-refractivity contribution in [1.82, 2.24) is 0 Å². The molecule has 6 aromatic carbocycles. The molecular weight excluding hydrogens is 971 g/mol. The number of ketones is 2. The fourth-order valence-corrected chi connectivity index (χ4v) is 7.39. The fraction of sp³-hybridized carbons (Fsp3) is 0.170. The number of allylic oxidation sites excluding steroid dienone is 1. The second-order valence-electron chi connectivity index (χ2n) is 16.2. The summed E-state index contributed by atoms with van der Waals surface area (Å²) in [4.78, 5) is 54.2. The molecule has 0 amide bonds. The molecule has 0 bridgehead atoms. The van der Waals surface area contributed by atoms with Gasteiger partial charge in [0.1, 0.15) is 11.5 Å². The van der Waals surface area contributed by atoms with E-state index in [2.05, 4.69) is 9.47 Å². The van der Waals surface area contributed by atoms with Gasteiger partial charge < -0.3 is 50.1 Å². The van der Waals surface area contributed by atoms with Gasteiger partial charge in [0.25, 0.3) is 0 Å². The van der Waals surface area contributed by atoms with Crippen LogP contribution in [-0.2, 0) is 22.4 Å². The smallest absolute Gasteiger partial charge is 0.493 e. The molecule has 0 aliphatic heterocycles. The van der Waals surface area contributed by atoms with Crippen LogP contribution in [0.25, 0.3) is 12.2 Å². The molecule has 0 heterocycles. The van der Waals surface area contributed by atoms with Crippen LogP contribution in [0.15, 0.2) is 146 Å². The lowest BCUT2D eigenvalue weighted by Gasteiger charge is -2.42. The normalized spacial score (nSPS) is 12.1. The molecule has 6 aromatic rings. The number of hydrogen-bond donors (Lipinski definition) is 4. The second kappa shape index (κ2) is 22.6. The number of carbonyl (C=O) groups is 4. The average Bonchev–Trinajstić information content (AvgIpc) is 3.33. The predicted octanol–water partition coefficient (Wildman–Crippen LogP) is 9.51. The molecular formula is C53H44F6N2O12. The van der Waals surface area contributed by atoms with Gasteiger partial charge in [-0.2, -0.15) is 0 Å². The summed E-state index contributed by atoms with van der Waals surface area (Å²) < 4.78 is 105. The minimum Gasteiger partial charge on any atom is -0.493 e. The lowest BCUT2D eigenvalue weighted by Crippen LogP contribution is -2.57. The number of methoxy groups -OCH3 is 2. The first kappa shape index (κ1) is 53.7. The molecule has 0 radical (unpaired) electrons. The Morgan fingerprint density at radius 3 is 1.27 bits per heavy atom. The van der Waals surface area contributed by atoms with Crippen LogP contribution in [0.3, 0.4) is 0 Å². The highest BCUT2D eigenvalue weighted by Gasteiger charge is 2.54. The number of halogens is 6. The third-order valence-electron chi connectivity index (χ3n) is 11.0. The number of nitrogens with two attached hydrogens (primary N) is 2. The molecule has 6 N–H and O–H groups in total. The molecule has 0 atom stereocenters. The van der Waals surface area contributed by atoms with Crippen LogP contribution in [0.5, 0.6) is 34.5 Å². The van der Waals surface area contributed by atoms with E-state index in [1.165, 1.54) is 62.8 Å². The Balaban J connectivity index is 1.26. The minimum atomic E-state index is -4.94. The molecule has 14 nitrogen and oxygen atoms in total. The van der Waals surface area contributed by atoms with Gasteiger partial charge in [0, 0.05) is 23.2 Å². The number of anilines is 2. The molecule has 0 unspecified atom stereocenters. The van der Waals surface area contributed by atoms with Crippen molar-refractivity contribution in [2.75, 3.05) is 25.7 Å². The number of hydrogen-bond acceptors (Lipinski definition) is 14. The van der Waals surface area contributed by atoms with E-state index >= 15 is 0 Å². The summed E-state index contributed by atoms with van der Waals surface area (Å²) in [5.41, 5.74) is 12.0. The van der Waals surface area contributed by atoms with Gasteiger partial charge >= 0.3 is 24.7 Å². The van der Waals surface area contributed by atoms with Crippen LogP contribution in [-0.4, -0.2) is 66.4 Å². The highest BCUT2D eigenvalue weighted by atomic mass is 19.4. The molecule has 380 valence electrons. The maximum atomic E-state index is 14.3. The fourth-order valence-electron chi connectivity index (χ4n) is 7.39. The second-order valence-corrected chi connectivity index (χ2v) is 16.2. The number of ether oxygens (including phenoxy) is 6. The molecule has 20 heteroatoms. The van der Waals surface area contributed by atoms with Crippen LogP contribution in [0.4, 0.5) is 37.7 Å². The monoisotopic (exact) mass is 1010 g/mol. The van der Waals surface area contributed by atoms with E-state index in [1.54, 1.807) is 48.5 Å². The van der Waals surface area contributed by atoms with Crippen LogP contribution < -0.4 is 39.9 Å². The first-order valence-electron chi connectivity index (χ1n) is 21.5. The van der Waals surface area contributed by atoms with Gasteiger partial charge in [-0.3, -0.25) is 9.59 Å². The zero-order valence-corrected chi connectivity index (χ0v) is 38.5. The standard InChI is InChI=1S/C53H44F6N2O12/c1-68-45-27-32(8-24-43(45)70-48(64)36-11-20-41(21-12-36)72-52(54,55)56)7-19-40(62)31-50(29-34-3-15-38(60)16-4-34,30-35-5-17-39(61)18-6-35)51(66,67)47(63)26-10-33-9-25-44(46(28-33)69-2)71-49(65)37-13-22-42(23-14-37)73-53(57,58)59/h3-28,66-67H,29-31,60-61H2,1-2H3. The van der Waals surface area contributed by atoms with Crippen molar-refractivity contribution >= 4 is 47.0 Å². The lowest BCUT2D eigenvalue weighted by molar-refractivity contribution is -0.275. The highest BCUT2D eigenvalue weighted by molar-refractivity contribution is 6.01. The van der Waals surface area contributed by atoms with Crippen molar-refractivity contribution in [1.29, 1.82) is 0 Å². The van der Waals surface area contributed by atoms with Crippen molar-refractivity contribution < 1.29 is 84.2 Å². The van der Waals surface area contributed by atoms with Gasteiger partial charge in [-0.1, -0.05) is 48.6 Å². The number of benzene rings is 6. The Bertz CT molecular complexity index is 2940. The predicted molar refractivity (Wildman–Crippen MR) is 254 cm³/mol. The van der Waals surface area contributed by atoms with E-state index in [0.29, 0.717) is 28.1 Å². The van der Waals surface area contributed by atoms with E-state index in [9.17, 15) is 55.7 Å². The van der Waals surface area contributed by atoms with Gasteiger partial charge in [-0.15, -0.1) is 26.3 Å². The lowest BCUT2D eigenvalue weighted by atomic mass is 9.65. The SMILES string of the molecule is COc1cc(C=CC(=O)CC(Cc2ccc(N)cc2)(Cc2ccc(N)cc2)C(O)(O)C(=O)C=Cc2ccc(OC(=O)c3ccc(OC(F)(F)F)cc3)c(OC)c2)ccc1OC(=O)c1ccc(OC(F)(F)F)cc1. The minimum absolute atomic E-state index is 0.0157. The number of rotatable bonds is 20. The number of carbonyl (C=O) groups excluding carboxylic acids is 4. The first-order chi connectivity index (χ1) is 34.4. The molecule has 6 rings (SSSR count). The van der Waals surface area contributed by atoms with Crippen LogP contribution in [0.2, 0.25) is 0 Å². The quantitative estimate of drug-likeness (QED) is 0.0140. The largest absolute Gasteiger partial charge is 0.573 e. The number of alkyl halides is 6. The van der Waals surface area contributed by atoms with Crippen molar-refractivity contribution in [3.8, 4) is 34.5 Å². The van der Waals surface area contributed by atoms with Gasteiger partial charge in [0.05, 0.1) is 25.3 Å².